The van der Waals surface area contributed by atoms with Gasteiger partial charge in [0.1, 0.15) is 29.1 Å². The predicted octanol–water partition coefficient (Wildman–Crippen LogP) is 4.21. The summed E-state index contributed by atoms with van der Waals surface area (Å²) >= 11 is 6.10. The van der Waals surface area contributed by atoms with Crippen LogP contribution >= 0.6 is 11.6 Å². The minimum atomic E-state index is -1.22. The van der Waals surface area contributed by atoms with Crippen molar-refractivity contribution >= 4 is 17.4 Å². The highest BCUT2D eigenvalue weighted by Crippen LogP contribution is 2.28. The Morgan fingerprint density at radius 2 is 2.00 bits per heavy atom. The molecule has 4 nitrogen and oxygen atoms in total. The average molecular weight is 324 g/mol. The molecule has 2 rings (SSSR count). The summed E-state index contributed by atoms with van der Waals surface area (Å²) in [4.78, 5) is 7.91. The lowest BCUT2D eigenvalue weighted by molar-refractivity contribution is 0.340. The SMILES string of the molecule is CCOc1ccc(CCNc2ncnc(C(C)F)c2Cl)cc1. The second kappa shape index (κ2) is 7.94. The van der Waals surface area contributed by atoms with Gasteiger partial charge in [-0.15, -0.1) is 0 Å². The van der Waals surface area contributed by atoms with Crippen molar-refractivity contribution in [3.05, 3.63) is 46.9 Å². The fourth-order valence-electron chi connectivity index (χ4n) is 2.03. The van der Waals surface area contributed by atoms with Crippen molar-refractivity contribution in [1.29, 1.82) is 0 Å². The maximum absolute atomic E-state index is 13.3. The van der Waals surface area contributed by atoms with Gasteiger partial charge in [0.15, 0.2) is 0 Å². The van der Waals surface area contributed by atoms with Crippen LogP contribution < -0.4 is 10.1 Å². The molecule has 0 bridgehead atoms. The molecule has 0 radical (unpaired) electrons. The van der Waals surface area contributed by atoms with Crippen LogP contribution in [0.4, 0.5) is 10.2 Å². The van der Waals surface area contributed by atoms with Crippen LogP contribution in [0.3, 0.4) is 0 Å². The quantitative estimate of drug-likeness (QED) is 0.829. The minimum Gasteiger partial charge on any atom is -0.494 e. The smallest absolute Gasteiger partial charge is 0.148 e. The van der Waals surface area contributed by atoms with Gasteiger partial charge in [-0.2, -0.15) is 0 Å². The highest BCUT2D eigenvalue weighted by Gasteiger charge is 2.14. The molecule has 1 unspecified atom stereocenters. The van der Waals surface area contributed by atoms with Crippen molar-refractivity contribution in [2.24, 2.45) is 0 Å². The van der Waals surface area contributed by atoms with Crippen molar-refractivity contribution in [2.75, 3.05) is 18.5 Å². The molecule has 0 saturated heterocycles. The van der Waals surface area contributed by atoms with Gasteiger partial charge in [-0.25, -0.2) is 14.4 Å². The van der Waals surface area contributed by atoms with Crippen LogP contribution in [0.2, 0.25) is 5.02 Å². The van der Waals surface area contributed by atoms with E-state index in [2.05, 4.69) is 15.3 Å². The molecule has 0 amide bonds. The zero-order valence-electron chi connectivity index (χ0n) is 12.6. The van der Waals surface area contributed by atoms with E-state index in [0.29, 0.717) is 19.0 Å². The topological polar surface area (TPSA) is 47.0 Å². The third-order valence-electron chi connectivity index (χ3n) is 3.13. The Labute approximate surface area is 134 Å². The number of nitrogens with one attached hydrogen (secondary N) is 1. The minimum absolute atomic E-state index is 0.209. The lowest BCUT2D eigenvalue weighted by Gasteiger charge is -2.11. The Bertz CT molecular complexity index is 605. The van der Waals surface area contributed by atoms with Crippen molar-refractivity contribution in [3.8, 4) is 5.75 Å². The monoisotopic (exact) mass is 323 g/mol. The molecule has 0 saturated carbocycles. The van der Waals surface area contributed by atoms with Crippen LogP contribution in [-0.2, 0) is 6.42 Å². The molecule has 22 heavy (non-hydrogen) atoms. The lowest BCUT2D eigenvalue weighted by atomic mass is 10.1. The zero-order chi connectivity index (χ0) is 15.9. The predicted molar refractivity (Wildman–Crippen MR) is 86.4 cm³/mol. The van der Waals surface area contributed by atoms with Crippen LogP contribution in [0.15, 0.2) is 30.6 Å². The number of hydrogen-bond acceptors (Lipinski definition) is 4. The van der Waals surface area contributed by atoms with Crippen molar-refractivity contribution < 1.29 is 9.13 Å². The first-order valence-electron chi connectivity index (χ1n) is 7.22. The number of ether oxygens (including phenoxy) is 1. The number of hydrogen-bond donors (Lipinski definition) is 1. The van der Waals surface area contributed by atoms with Gasteiger partial charge in [0.05, 0.1) is 12.3 Å². The molecule has 1 aromatic heterocycles. The lowest BCUT2D eigenvalue weighted by Crippen LogP contribution is -2.08. The highest BCUT2D eigenvalue weighted by atomic mass is 35.5. The van der Waals surface area contributed by atoms with Gasteiger partial charge in [0, 0.05) is 6.54 Å². The van der Waals surface area contributed by atoms with Crippen LogP contribution in [0.1, 0.15) is 31.3 Å². The number of rotatable bonds is 7. The molecular weight excluding hydrogens is 305 g/mol. The Kier molecular flexibility index (Phi) is 5.95. The molecule has 2 aromatic rings. The van der Waals surface area contributed by atoms with E-state index in [1.165, 1.54) is 18.8 Å². The third kappa shape index (κ3) is 4.31. The van der Waals surface area contributed by atoms with Gasteiger partial charge in [-0.3, -0.25) is 0 Å². The maximum atomic E-state index is 13.3. The van der Waals surface area contributed by atoms with Gasteiger partial charge < -0.3 is 10.1 Å². The Hall–Kier alpha value is -1.88. The number of halogens is 2. The van der Waals surface area contributed by atoms with Gasteiger partial charge in [-0.05, 0) is 38.0 Å². The number of anilines is 1. The molecule has 1 N–H and O–H groups in total. The summed E-state index contributed by atoms with van der Waals surface area (Å²) in [6, 6.07) is 7.92. The number of alkyl halides is 1. The van der Waals surface area contributed by atoms with Crippen molar-refractivity contribution in [1.82, 2.24) is 9.97 Å². The summed E-state index contributed by atoms with van der Waals surface area (Å²) in [6.45, 7) is 4.65. The number of aromatic nitrogens is 2. The second-order valence-electron chi connectivity index (χ2n) is 4.79. The summed E-state index contributed by atoms with van der Waals surface area (Å²) in [5, 5.41) is 3.36. The third-order valence-corrected chi connectivity index (χ3v) is 3.51. The van der Waals surface area contributed by atoms with Crippen LogP contribution in [0, 0.1) is 0 Å². The maximum Gasteiger partial charge on any atom is 0.148 e. The summed E-state index contributed by atoms with van der Waals surface area (Å²) < 4.78 is 18.7. The second-order valence-corrected chi connectivity index (χ2v) is 5.17. The molecule has 0 spiro atoms. The van der Waals surface area contributed by atoms with Crippen LogP contribution in [-0.4, -0.2) is 23.1 Å². The van der Waals surface area contributed by atoms with E-state index in [1.807, 2.05) is 31.2 Å². The molecule has 118 valence electrons. The molecular formula is C16H19ClFN3O. The molecule has 0 aliphatic heterocycles. The first-order chi connectivity index (χ1) is 10.6. The number of benzene rings is 1. The first-order valence-corrected chi connectivity index (χ1v) is 7.59. The van der Waals surface area contributed by atoms with Crippen LogP contribution in [0.25, 0.3) is 0 Å². The largest absolute Gasteiger partial charge is 0.494 e. The van der Waals surface area contributed by atoms with Gasteiger partial charge in [0.25, 0.3) is 0 Å². The summed E-state index contributed by atoms with van der Waals surface area (Å²) in [7, 11) is 0. The first kappa shape index (κ1) is 16.5. The van der Waals surface area contributed by atoms with Gasteiger partial charge in [0.2, 0.25) is 0 Å². The van der Waals surface area contributed by atoms with E-state index in [1.54, 1.807) is 0 Å². The molecule has 0 fully saturated rings. The van der Waals surface area contributed by atoms with E-state index in [9.17, 15) is 4.39 Å². The molecule has 1 aromatic carbocycles. The van der Waals surface area contributed by atoms with E-state index in [0.717, 1.165) is 12.2 Å². The highest BCUT2D eigenvalue weighted by molar-refractivity contribution is 6.33. The van der Waals surface area contributed by atoms with E-state index < -0.39 is 6.17 Å². The molecule has 0 aliphatic rings. The Morgan fingerprint density at radius 1 is 1.27 bits per heavy atom. The molecule has 0 aliphatic carbocycles. The van der Waals surface area contributed by atoms with E-state index >= 15 is 0 Å². The summed E-state index contributed by atoms with van der Waals surface area (Å²) in [5.41, 5.74) is 1.38. The molecule has 6 heteroatoms. The van der Waals surface area contributed by atoms with Crippen molar-refractivity contribution in [3.63, 3.8) is 0 Å². The van der Waals surface area contributed by atoms with Gasteiger partial charge >= 0.3 is 0 Å². The standard InChI is InChI=1S/C16H19ClFN3O/c1-3-22-13-6-4-12(5-7-13)8-9-19-16-14(17)15(11(2)18)20-10-21-16/h4-7,10-11H,3,8-9H2,1-2H3,(H,19,20,21). The summed E-state index contributed by atoms with van der Waals surface area (Å²) in [6.07, 6.45) is 0.895. The summed E-state index contributed by atoms with van der Waals surface area (Å²) in [5.74, 6) is 1.32. The molecule has 1 heterocycles. The Balaban J connectivity index is 1.92. The fraction of sp³-hybridized carbons (Fsp3) is 0.375. The van der Waals surface area contributed by atoms with Crippen LogP contribution in [0.5, 0.6) is 5.75 Å². The van der Waals surface area contributed by atoms with E-state index in [4.69, 9.17) is 16.3 Å². The number of nitrogens with zero attached hydrogens (tertiary/aromatic N) is 2. The van der Waals surface area contributed by atoms with Crippen molar-refractivity contribution in [2.45, 2.75) is 26.4 Å². The van der Waals surface area contributed by atoms with E-state index in [-0.39, 0.29) is 10.7 Å². The fourth-order valence-corrected chi connectivity index (χ4v) is 2.34. The normalized spacial score (nSPS) is 12.0. The van der Waals surface area contributed by atoms with Gasteiger partial charge in [-0.1, -0.05) is 23.7 Å². The average Bonchev–Trinajstić information content (AvgIpc) is 2.51. The molecule has 1 atom stereocenters. The Morgan fingerprint density at radius 3 is 2.64 bits per heavy atom. The zero-order valence-corrected chi connectivity index (χ0v) is 13.4.